The lowest BCUT2D eigenvalue weighted by molar-refractivity contribution is -0.127. The maximum atomic E-state index is 12.3. The number of nitrogens with one attached hydrogen (secondary N) is 2. The van der Waals surface area contributed by atoms with Crippen LogP contribution in [0.15, 0.2) is 48.7 Å². The summed E-state index contributed by atoms with van der Waals surface area (Å²) in [6.07, 6.45) is 8.02. The van der Waals surface area contributed by atoms with Crippen LogP contribution in [0.3, 0.4) is 0 Å². The van der Waals surface area contributed by atoms with Crippen LogP contribution in [-0.2, 0) is 9.59 Å². The van der Waals surface area contributed by atoms with E-state index in [0.29, 0.717) is 17.5 Å². The van der Waals surface area contributed by atoms with Gasteiger partial charge in [0.05, 0.1) is 17.7 Å². The van der Waals surface area contributed by atoms with Crippen molar-refractivity contribution >= 4 is 28.4 Å². The predicted octanol–water partition coefficient (Wildman–Crippen LogP) is 2.50. The molecule has 0 aliphatic heterocycles. The highest BCUT2D eigenvalue weighted by Crippen LogP contribution is 2.43. The topological polar surface area (TPSA) is 71.1 Å². The number of allylic oxidation sites excluding steroid dienone is 2. The molecule has 1 aromatic heterocycles. The number of amides is 2. The summed E-state index contributed by atoms with van der Waals surface area (Å²) >= 11 is 0. The van der Waals surface area contributed by atoms with Crippen LogP contribution in [0.5, 0.6) is 0 Å². The zero-order valence-corrected chi connectivity index (χ0v) is 13.2. The van der Waals surface area contributed by atoms with Gasteiger partial charge in [0.25, 0.3) is 0 Å². The molecule has 2 amide bonds. The van der Waals surface area contributed by atoms with E-state index in [0.717, 1.165) is 23.7 Å². The number of rotatable bonds is 4. The maximum Gasteiger partial charge on any atom is 0.243 e. The summed E-state index contributed by atoms with van der Waals surface area (Å²) in [5.74, 6) is 0.659. The van der Waals surface area contributed by atoms with Gasteiger partial charge in [-0.1, -0.05) is 30.4 Å². The molecule has 3 atom stereocenters. The molecule has 2 aliphatic carbocycles. The van der Waals surface area contributed by atoms with E-state index in [2.05, 4.69) is 27.8 Å². The molecule has 4 rings (SSSR count). The molecule has 0 spiro atoms. The lowest BCUT2D eigenvalue weighted by Crippen LogP contribution is -2.38. The Balaban J connectivity index is 1.36. The highest BCUT2D eigenvalue weighted by atomic mass is 16.2. The SMILES string of the molecule is O=C(CNC(=O)[C@@H]1C[C@H]2C=C[C@H]1C2)Nc1cccc2cccnc12. The van der Waals surface area contributed by atoms with Gasteiger partial charge >= 0.3 is 0 Å². The van der Waals surface area contributed by atoms with Crippen LogP contribution in [-0.4, -0.2) is 23.3 Å². The highest BCUT2D eigenvalue weighted by molar-refractivity contribution is 6.01. The first kappa shape index (κ1) is 14.9. The van der Waals surface area contributed by atoms with Crippen molar-refractivity contribution in [1.29, 1.82) is 0 Å². The van der Waals surface area contributed by atoms with Gasteiger partial charge in [-0.2, -0.15) is 0 Å². The van der Waals surface area contributed by atoms with E-state index in [4.69, 9.17) is 0 Å². The summed E-state index contributed by atoms with van der Waals surface area (Å²) in [4.78, 5) is 28.7. The fourth-order valence-corrected chi connectivity index (χ4v) is 3.78. The van der Waals surface area contributed by atoms with E-state index in [1.807, 2.05) is 30.3 Å². The molecule has 2 bridgehead atoms. The lowest BCUT2D eigenvalue weighted by Gasteiger charge is -2.17. The zero-order chi connectivity index (χ0) is 16.5. The first-order chi connectivity index (χ1) is 11.7. The average molecular weight is 321 g/mol. The number of carbonyl (C=O) groups excluding carboxylic acids is 2. The third-order valence-corrected chi connectivity index (χ3v) is 4.95. The Morgan fingerprint density at radius 2 is 2.00 bits per heavy atom. The Morgan fingerprint density at radius 3 is 2.79 bits per heavy atom. The van der Waals surface area contributed by atoms with Gasteiger partial charge in [0.15, 0.2) is 0 Å². The summed E-state index contributed by atoms with van der Waals surface area (Å²) in [5, 5.41) is 6.57. The monoisotopic (exact) mass is 321 g/mol. The zero-order valence-electron chi connectivity index (χ0n) is 13.2. The van der Waals surface area contributed by atoms with Crippen molar-refractivity contribution in [1.82, 2.24) is 10.3 Å². The number of hydrogen-bond acceptors (Lipinski definition) is 3. The van der Waals surface area contributed by atoms with Gasteiger partial charge < -0.3 is 10.6 Å². The van der Waals surface area contributed by atoms with Gasteiger partial charge in [0.2, 0.25) is 11.8 Å². The Kier molecular flexibility index (Phi) is 3.76. The molecule has 5 heteroatoms. The summed E-state index contributed by atoms with van der Waals surface area (Å²) in [7, 11) is 0. The summed E-state index contributed by atoms with van der Waals surface area (Å²) in [5.41, 5.74) is 1.41. The highest BCUT2D eigenvalue weighted by Gasteiger charge is 2.39. The largest absolute Gasteiger partial charge is 0.347 e. The lowest BCUT2D eigenvalue weighted by atomic mass is 9.93. The van der Waals surface area contributed by atoms with E-state index in [1.54, 1.807) is 6.20 Å². The second-order valence-electron chi connectivity index (χ2n) is 6.53. The van der Waals surface area contributed by atoms with E-state index >= 15 is 0 Å². The molecule has 0 saturated heterocycles. The van der Waals surface area contributed by atoms with Crippen molar-refractivity contribution in [3.8, 4) is 0 Å². The van der Waals surface area contributed by atoms with Crippen LogP contribution in [0.1, 0.15) is 12.8 Å². The smallest absolute Gasteiger partial charge is 0.243 e. The van der Waals surface area contributed by atoms with Crippen LogP contribution < -0.4 is 10.6 Å². The molecule has 1 heterocycles. The standard InChI is InChI=1S/C19H19N3O2/c23-17(11-21-19(24)15-10-12-6-7-14(15)9-12)22-16-5-1-3-13-4-2-8-20-18(13)16/h1-8,12,14-15H,9-11H2,(H,21,24)(H,22,23)/t12-,14-,15+/m0/s1. The maximum absolute atomic E-state index is 12.3. The molecule has 1 fully saturated rings. The minimum atomic E-state index is -0.236. The molecule has 0 unspecified atom stereocenters. The number of aromatic nitrogens is 1. The molecular formula is C19H19N3O2. The van der Waals surface area contributed by atoms with Gasteiger partial charge in [-0.3, -0.25) is 14.6 Å². The summed E-state index contributed by atoms with van der Waals surface area (Å²) in [6.45, 7) is -0.0142. The minimum Gasteiger partial charge on any atom is -0.347 e. The van der Waals surface area contributed by atoms with Gasteiger partial charge in [-0.05, 0) is 36.8 Å². The van der Waals surface area contributed by atoms with Crippen LogP contribution in [0.4, 0.5) is 5.69 Å². The third-order valence-electron chi connectivity index (χ3n) is 4.95. The summed E-state index contributed by atoms with van der Waals surface area (Å²) < 4.78 is 0. The molecular weight excluding hydrogens is 302 g/mol. The number of nitrogens with zero attached hydrogens (tertiary/aromatic N) is 1. The fraction of sp³-hybridized carbons (Fsp3) is 0.316. The normalized spacial score (nSPS) is 24.2. The number of fused-ring (bicyclic) bond motifs is 3. The Morgan fingerprint density at radius 1 is 1.12 bits per heavy atom. The quantitative estimate of drug-likeness (QED) is 0.850. The molecule has 0 radical (unpaired) electrons. The number of pyridine rings is 1. The number of benzene rings is 1. The average Bonchev–Trinajstić information content (AvgIpc) is 3.23. The predicted molar refractivity (Wildman–Crippen MR) is 92.2 cm³/mol. The second-order valence-corrected chi connectivity index (χ2v) is 6.53. The first-order valence-corrected chi connectivity index (χ1v) is 8.30. The van der Waals surface area contributed by atoms with Crippen LogP contribution >= 0.6 is 0 Å². The van der Waals surface area contributed by atoms with Crippen LogP contribution in [0.2, 0.25) is 0 Å². The van der Waals surface area contributed by atoms with Gasteiger partial charge in [0, 0.05) is 17.5 Å². The first-order valence-electron chi connectivity index (χ1n) is 8.30. The van der Waals surface area contributed by atoms with Crippen molar-refractivity contribution in [2.45, 2.75) is 12.8 Å². The van der Waals surface area contributed by atoms with Crippen molar-refractivity contribution in [2.24, 2.45) is 17.8 Å². The summed E-state index contributed by atoms with van der Waals surface area (Å²) in [6, 6.07) is 9.44. The van der Waals surface area contributed by atoms with E-state index in [1.165, 1.54) is 0 Å². The third kappa shape index (κ3) is 2.77. The number of carbonyl (C=O) groups is 2. The number of anilines is 1. The van der Waals surface area contributed by atoms with Gasteiger partial charge in [-0.25, -0.2) is 0 Å². The second kappa shape index (κ2) is 6.07. The Bertz CT molecular complexity index is 825. The number of para-hydroxylation sites is 1. The Hall–Kier alpha value is -2.69. The molecule has 1 aromatic carbocycles. The van der Waals surface area contributed by atoms with Crippen molar-refractivity contribution < 1.29 is 9.59 Å². The Labute approximate surface area is 140 Å². The number of hydrogen-bond donors (Lipinski definition) is 2. The van der Waals surface area contributed by atoms with Crippen molar-refractivity contribution in [3.63, 3.8) is 0 Å². The molecule has 5 nitrogen and oxygen atoms in total. The van der Waals surface area contributed by atoms with E-state index in [9.17, 15) is 9.59 Å². The molecule has 2 aliphatic rings. The van der Waals surface area contributed by atoms with Gasteiger partial charge in [0.1, 0.15) is 0 Å². The minimum absolute atomic E-state index is 0.0142. The molecule has 1 saturated carbocycles. The van der Waals surface area contributed by atoms with Gasteiger partial charge in [-0.15, -0.1) is 0 Å². The van der Waals surface area contributed by atoms with Crippen LogP contribution in [0, 0.1) is 17.8 Å². The van der Waals surface area contributed by atoms with E-state index < -0.39 is 0 Å². The molecule has 2 aromatic rings. The van der Waals surface area contributed by atoms with Crippen molar-refractivity contribution in [2.75, 3.05) is 11.9 Å². The molecule has 24 heavy (non-hydrogen) atoms. The molecule has 2 N–H and O–H groups in total. The van der Waals surface area contributed by atoms with Crippen molar-refractivity contribution in [3.05, 3.63) is 48.7 Å². The van der Waals surface area contributed by atoms with Crippen LogP contribution in [0.25, 0.3) is 10.9 Å². The fourth-order valence-electron chi connectivity index (χ4n) is 3.78. The molecule has 122 valence electrons. The van der Waals surface area contributed by atoms with E-state index in [-0.39, 0.29) is 24.3 Å².